The summed E-state index contributed by atoms with van der Waals surface area (Å²) in [6.45, 7) is 2.36. The van der Waals surface area contributed by atoms with Crippen LogP contribution in [-0.4, -0.2) is 18.1 Å². The van der Waals surface area contributed by atoms with E-state index in [1.54, 1.807) is 11.3 Å². The number of aromatic nitrogens is 1. The molecule has 18 heavy (non-hydrogen) atoms. The minimum absolute atomic E-state index is 0.821. The molecule has 1 N–H and O–H groups in total. The predicted molar refractivity (Wildman–Crippen MR) is 78.5 cm³/mol. The highest BCUT2D eigenvalue weighted by Crippen LogP contribution is 2.30. The van der Waals surface area contributed by atoms with E-state index in [0.717, 1.165) is 27.6 Å². The van der Waals surface area contributed by atoms with Gasteiger partial charge in [0, 0.05) is 0 Å². The lowest BCUT2D eigenvalue weighted by molar-refractivity contribution is 0.358. The van der Waals surface area contributed by atoms with Crippen LogP contribution in [0, 0.1) is 5.92 Å². The summed E-state index contributed by atoms with van der Waals surface area (Å²) in [6, 6.07) is 5.96. The number of piperidine rings is 1. The van der Waals surface area contributed by atoms with E-state index in [2.05, 4.69) is 10.3 Å². The molecule has 1 unspecified atom stereocenters. The first-order valence-corrected chi connectivity index (χ1v) is 7.77. The van der Waals surface area contributed by atoms with E-state index in [1.165, 1.54) is 37.4 Å². The molecule has 0 aliphatic carbocycles. The van der Waals surface area contributed by atoms with E-state index in [-0.39, 0.29) is 0 Å². The van der Waals surface area contributed by atoms with Crippen molar-refractivity contribution in [2.24, 2.45) is 5.92 Å². The van der Waals surface area contributed by atoms with Crippen molar-refractivity contribution in [2.75, 3.05) is 13.1 Å². The zero-order valence-electron chi connectivity index (χ0n) is 10.3. The average molecular weight is 281 g/mol. The molecule has 1 aliphatic rings. The second-order valence-corrected chi connectivity index (χ2v) is 6.44. The number of halogens is 1. The summed E-state index contributed by atoms with van der Waals surface area (Å²) >= 11 is 7.93. The highest BCUT2D eigenvalue weighted by molar-refractivity contribution is 7.19. The maximum Gasteiger partial charge on any atom is 0.0939 e. The van der Waals surface area contributed by atoms with Gasteiger partial charge in [-0.15, -0.1) is 11.3 Å². The van der Waals surface area contributed by atoms with Crippen molar-refractivity contribution in [3.05, 3.63) is 28.2 Å². The van der Waals surface area contributed by atoms with Crippen LogP contribution in [0.25, 0.3) is 10.2 Å². The molecule has 1 aromatic heterocycles. The first-order chi connectivity index (χ1) is 8.83. The molecule has 1 aliphatic heterocycles. The van der Waals surface area contributed by atoms with Gasteiger partial charge in [-0.1, -0.05) is 17.7 Å². The van der Waals surface area contributed by atoms with E-state index in [1.807, 2.05) is 18.2 Å². The van der Waals surface area contributed by atoms with E-state index in [0.29, 0.717) is 0 Å². The van der Waals surface area contributed by atoms with Gasteiger partial charge in [0.05, 0.1) is 20.2 Å². The molecule has 1 saturated heterocycles. The van der Waals surface area contributed by atoms with Crippen LogP contribution in [0.4, 0.5) is 0 Å². The summed E-state index contributed by atoms with van der Waals surface area (Å²) in [5.41, 5.74) is 1.05. The number of nitrogens with zero attached hydrogens (tertiary/aromatic N) is 1. The zero-order valence-corrected chi connectivity index (χ0v) is 11.9. The Morgan fingerprint density at radius 1 is 1.44 bits per heavy atom. The molecule has 0 amide bonds. The maximum atomic E-state index is 6.18. The Morgan fingerprint density at radius 3 is 3.17 bits per heavy atom. The summed E-state index contributed by atoms with van der Waals surface area (Å²) < 4.78 is 1.14. The number of hydrogen-bond acceptors (Lipinski definition) is 3. The lowest BCUT2D eigenvalue weighted by Gasteiger charge is -2.21. The number of nitrogens with one attached hydrogen (secondary N) is 1. The van der Waals surface area contributed by atoms with Crippen molar-refractivity contribution in [1.29, 1.82) is 0 Å². The standard InChI is InChI=1S/C14H17ClN2S/c15-11-4-1-5-12-14(11)18-13(17-12)7-6-10-3-2-8-16-9-10/h1,4-5,10,16H,2-3,6-9H2. The van der Waals surface area contributed by atoms with Crippen molar-refractivity contribution in [3.63, 3.8) is 0 Å². The number of aryl methyl sites for hydroxylation is 1. The third-order valence-electron chi connectivity index (χ3n) is 3.58. The minimum Gasteiger partial charge on any atom is -0.316 e. The molecule has 0 spiro atoms. The second kappa shape index (κ2) is 5.55. The number of rotatable bonds is 3. The van der Waals surface area contributed by atoms with Crippen LogP contribution < -0.4 is 5.32 Å². The Balaban J connectivity index is 1.69. The third-order valence-corrected chi connectivity index (χ3v) is 5.17. The monoisotopic (exact) mass is 280 g/mol. The quantitative estimate of drug-likeness (QED) is 0.923. The molecule has 1 fully saturated rings. The van der Waals surface area contributed by atoms with Gasteiger partial charge >= 0.3 is 0 Å². The predicted octanol–water partition coefficient (Wildman–Crippen LogP) is 3.88. The Morgan fingerprint density at radius 2 is 2.39 bits per heavy atom. The molecule has 2 aromatic rings. The number of benzene rings is 1. The Hall–Kier alpha value is -0.640. The molecule has 96 valence electrons. The zero-order chi connectivity index (χ0) is 12.4. The summed E-state index contributed by atoms with van der Waals surface area (Å²) in [5.74, 6) is 0.821. The van der Waals surface area contributed by atoms with Gasteiger partial charge < -0.3 is 5.32 Å². The number of hydrogen-bond donors (Lipinski definition) is 1. The van der Waals surface area contributed by atoms with E-state index < -0.39 is 0 Å². The molecule has 2 heterocycles. The van der Waals surface area contributed by atoms with Crippen LogP contribution >= 0.6 is 22.9 Å². The van der Waals surface area contributed by atoms with E-state index >= 15 is 0 Å². The summed E-state index contributed by atoms with van der Waals surface area (Å²) in [5, 5.41) is 5.52. The smallest absolute Gasteiger partial charge is 0.0939 e. The SMILES string of the molecule is Clc1cccc2nc(CCC3CCCNC3)sc12. The number of fused-ring (bicyclic) bond motifs is 1. The van der Waals surface area contributed by atoms with Gasteiger partial charge in [-0.25, -0.2) is 4.98 Å². The highest BCUT2D eigenvalue weighted by atomic mass is 35.5. The first-order valence-electron chi connectivity index (χ1n) is 6.57. The van der Waals surface area contributed by atoms with Crippen LogP contribution in [0.5, 0.6) is 0 Å². The molecule has 0 radical (unpaired) electrons. The fourth-order valence-electron chi connectivity index (χ4n) is 2.57. The van der Waals surface area contributed by atoms with Crippen molar-refractivity contribution < 1.29 is 0 Å². The van der Waals surface area contributed by atoms with Crippen LogP contribution in [0.15, 0.2) is 18.2 Å². The van der Waals surface area contributed by atoms with Gasteiger partial charge in [0.15, 0.2) is 0 Å². The largest absolute Gasteiger partial charge is 0.316 e. The van der Waals surface area contributed by atoms with E-state index in [9.17, 15) is 0 Å². The van der Waals surface area contributed by atoms with E-state index in [4.69, 9.17) is 11.6 Å². The molecule has 1 aromatic carbocycles. The first kappa shape index (κ1) is 12.4. The molecular formula is C14H17ClN2S. The molecule has 1 atom stereocenters. The third kappa shape index (κ3) is 2.68. The van der Waals surface area contributed by atoms with Gasteiger partial charge in [-0.2, -0.15) is 0 Å². The van der Waals surface area contributed by atoms with Gasteiger partial charge in [-0.3, -0.25) is 0 Å². The molecule has 2 nitrogen and oxygen atoms in total. The summed E-state index contributed by atoms with van der Waals surface area (Å²) in [6.07, 6.45) is 5.00. The van der Waals surface area contributed by atoms with Crippen LogP contribution in [0.2, 0.25) is 5.02 Å². The lowest BCUT2D eigenvalue weighted by Crippen LogP contribution is -2.29. The molecule has 0 bridgehead atoms. The van der Waals surface area contributed by atoms with Gasteiger partial charge in [0.2, 0.25) is 0 Å². The van der Waals surface area contributed by atoms with Crippen molar-refractivity contribution >= 4 is 33.2 Å². The fourth-order valence-corrected chi connectivity index (χ4v) is 3.84. The molecule has 4 heteroatoms. The summed E-state index contributed by atoms with van der Waals surface area (Å²) in [7, 11) is 0. The Kier molecular flexibility index (Phi) is 3.83. The maximum absolute atomic E-state index is 6.18. The average Bonchev–Trinajstić information content (AvgIpc) is 2.82. The number of thiazole rings is 1. The Bertz CT molecular complexity index is 532. The van der Waals surface area contributed by atoms with Crippen LogP contribution in [0.3, 0.4) is 0 Å². The van der Waals surface area contributed by atoms with Crippen LogP contribution in [0.1, 0.15) is 24.3 Å². The van der Waals surface area contributed by atoms with Crippen LogP contribution in [-0.2, 0) is 6.42 Å². The summed E-state index contributed by atoms with van der Waals surface area (Å²) in [4.78, 5) is 4.67. The molecule has 0 saturated carbocycles. The normalized spacial score (nSPS) is 20.4. The van der Waals surface area contributed by atoms with Gasteiger partial charge in [0.25, 0.3) is 0 Å². The topological polar surface area (TPSA) is 24.9 Å². The highest BCUT2D eigenvalue weighted by Gasteiger charge is 2.14. The van der Waals surface area contributed by atoms with Crippen molar-refractivity contribution in [1.82, 2.24) is 10.3 Å². The minimum atomic E-state index is 0.821. The van der Waals surface area contributed by atoms with Crippen molar-refractivity contribution in [3.8, 4) is 0 Å². The van der Waals surface area contributed by atoms with Gasteiger partial charge in [0.1, 0.15) is 0 Å². The van der Waals surface area contributed by atoms with Crippen molar-refractivity contribution in [2.45, 2.75) is 25.7 Å². The molecular weight excluding hydrogens is 264 g/mol. The second-order valence-electron chi connectivity index (χ2n) is 4.95. The van der Waals surface area contributed by atoms with Gasteiger partial charge in [-0.05, 0) is 56.8 Å². The molecule has 3 rings (SSSR count). The lowest BCUT2D eigenvalue weighted by atomic mass is 9.95. The Labute approximate surface area is 116 Å². The fraction of sp³-hybridized carbons (Fsp3) is 0.500.